The van der Waals surface area contributed by atoms with Crippen molar-refractivity contribution in [1.29, 1.82) is 0 Å². The molecular formula is C11H11ClF2O4. The topological polar surface area (TPSA) is 66.8 Å². The molecule has 1 rings (SSSR count). The Bertz CT molecular complexity index is 453. The van der Waals surface area contributed by atoms with Crippen LogP contribution in [0, 0.1) is 11.6 Å². The average Bonchev–Trinajstić information content (AvgIpc) is 2.35. The van der Waals surface area contributed by atoms with Gasteiger partial charge in [-0.3, -0.25) is 4.79 Å². The van der Waals surface area contributed by atoms with E-state index in [9.17, 15) is 23.8 Å². The van der Waals surface area contributed by atoms with Gasteiger partial charge < -0.3 is 14.9 Å². The first kappa shape index (κ1) is 14.8. The predicted octanol–water partition coefficient (Wildman–Crippen LogP) is 1.58. The van der Waals surface area contributed by atoms with Crippen molar-refractivity contribution in [2.45, 2.75) is 18.6 Å². The Balaban J connectivity index is 2.93. The highest BCUT2D eigenvalue weighted by Crippen LogP contribution is 2.28. The Morgan fingerprint density at radius 2 is 2.06 bits per heavy atom. The van der Waals surface area contributed by atoms with E-state index < -0.39 is 46.8 Å². The van der Waals surface area contributed by atoms with Crippen LogP contribution in [0.2, 0.25) is 5.02 Å². The lowest BCUT2D eigenvalue weighted by Gasteiger charge is -2.18. The van der Waals surface area contributed by atoms with Crippen molar-refractivity contribution in [3.63, 3.8) is 0 Å². The highest BCUT2D eigenvalue weighted by molar-refractivity contribution is 6.30. The minimum absolute atomic E-state index is 0.391. The summed E-state index contributed by atoms with van der Waals surface area (Å²) in [4.78, 5) is 10.9. The van der Waals surface area contributed by atoms with Gasteiger partial charge in [-0.2, -0.15) is 0 Å². The van der Waals surface area contributed by atoms with Gasteiger partial charge in [0.25, 0.3) is 0 Å². The first-order chi connectivity index (χ1) is 8.38. The van der Waals surface area contributed by atoms with Gasteiger partial charge in [-0.05, 0) is 6.07 Å². The molecule has 18 heavy (non-hydrogen) atoms. The molecule has 2 unspecified atom stereocenters. The van der Waals surface area contributed by atoms with Crippen molar-refractivity contribution in [2.75, 3.05) is 7.11 Å². The van der Waals surface area contributed by atoms with Gasteiger partial charge in [0.2, 0.25) is 0 Å². The maximum absolute atomic E-state index is 13.5. The summed E-state index contributed by atoms with van der Waals surface area (Å²) in [5.41, 5.74) is -0.391. The van der Waals surface area contributed by atoms with E-state index in [4.69, 9.17) is 11.6 Å². The molecule has 1 aromatic rings. The summed E-state index contributed by atoms with van der Waals surface area (Å²) in [7, 11) is 1.11. The van der Waals surface area contributed by atoms with Gasteiger partial charge in [-0.25, -0.2) is 8.78 Å². The number of ether oxygens (including phenoxy) is 1. The third-order valence-corrected chi connectivity index (χ3v) is 2.70. The predicted molar refractivity (Wildman–Crippen MR) is 59.0 cm³/mol. The van der Waals surface area contributed by atoms with E-state index in [1.807, 2.05) is 0 Å². The molecule has 0 aromatic heterocycles. The molecule has 1 aromatic carbocycles. The number of rotatable bonds is 4. The number of hydrogen-bond acceptors (Lipinski definition) is 4. The van der Waals surface area contributed by atoms with E-state index in [2.05, 4.69) is 4.74 Å². The minimum atomic E-state index is -1.71. The largest absolute Gasteiger partial charge is 0.469 e. The van der Waals surface area contributed by atoms with E-state index in [1.165, 1.54) is 0 Å². The molecular weight excluding hydrogens is 270 g/mol. The second-order valence-corrected chi connectivity index (χ2v) is 3.93. The Labute approximate surface area is 107 Å². The number of aliphatic hydroxyl groups is 2. The third-order valence-electron chi connectivity index (χ3n) is 2.35. The van der Waals surface area contributed by atoms with Crippen molar-refractivity contribution in [3.05, 3.63) is 34.4 Å². The van der Waals surface area contributed by atoms with Crippen LogP contribution in [0.15, 0.2) is 12.1 Å². The number of aliphatic hydroxyl groups excluding tert-OH is 2. The van der Waals surface area contributed by atoms with Crippen molar-refractivity contribution in [2.24, 2.45) is 0 Å². The molecule has 0 fully saturated rings. The van der Waals surface area contributed by atoms with Crippen LogP contribution in [-0.2, 0) is 9.53 Å². The van der Waals surface area contributed by atoms with E-state index in [1.54, 1.807) is 0 Å². The van der Waals surface area contributed by atoms with E-state index in [0.29, 0.717) is 0 Å². The van der Waals surface area contributed by atoms with Crippen LogP contribution in [0.1, 0.15) is 18.1 Å². The molecule has 0 saturated heterocycles. The monoisotopic (exact) mass is 280 g/mol. The molecule has 0 aliphatic heterocycles. The van der Waals surface area contributed by atoms with Crippen LogP contribution in [0.4, 0.5) is 8.78 Å². The lowest BCUT2D eigenvalue weighted by atomic mass is 10.0. The quantitative estimate of drug-likeness (QED) is 0.649. The van der Waals surface area contributed by atoms with Crippen LogP contribution in [0.3, 0.4) is 0 Å². The number of methoxy groups -OCH3 is 1. The normalized spacial score (nSPS) is 14.1. The van der Waals surface area contributed by atoms with Crippen molar-refractivity contribution in [3.8, 4) is 0 Å². The third kappa shape index (κ3) is 3.16. The fourth-order valence-corrected chi connectivity index (χ4v) is 1.51. The molecule has 100 valence electrons. The smallest absolute Gasteiger partial charge is 0.308 e. The Hall–Kier alpha value is -1.24. The molecule has 0 heterocycles. The van der Waals surface area contributed by atoms with Crippen LogP contribution < -0.4 is 0 Å². The first-order valence-electron chi connectivity index (χ1n) is 4.94. The van der Waals surface area contributed by atoms with Gasteiger partial charge in [0, 0.05) is 5.56 Å². The molecule has 0 aliphatic carbocycles. The van der Waals surface area contributed by atoms with Crippen molar-refractivity contribution >= 4 is 17.6 Å². The van der Waals surface area contributed by atoms with Crippen LogP contribution in [0.5, 0.6) is 0 Å². The Morgan fingerprint density at radius 1 is 1.44 bits per heavy atom. The summed E-state index contributed by atoms with van der Waals surface area (Å²) in [6.45, 7) is 0. The lowest BCUT2D eigenvalue weighted by Crippen LogP contribution is -2.23. The highest BCUT2D eigenvalue weighted by Gasteiger charge is 2.26. The summed E-state index contributed by atoms with van der Waals surface area (Å²) in [6, 6.07) is 1.80. The van der Waals surface area contributed by atoms with E-state index >= 15 is 0 Å². The zero-order valence-electron chi connectivity index (χ0n) is 9.36. The maximum atomic E-state index is 13.5. The van der Waals surface area contributed by atoms with Crippen molar-refractivity contribution < 1.29 is 28.5 Å². The molecule has 2 atom stereocenters. The summed E-state index contributed by atoms with van der Waals surface area (Å²) in [5, 5.41) is 18.4. The van der Waals surface area contributed by atoms with Crippen LogP contribution >= 0.6 is 11.6 Å². The van der Waals surface area contributed by atoms with Crippen molar-refractivity contribution in [1.82, 2.24) is 0 Å². The minimum Gasteiger partial charge on any atom is -0.469 e. The molecule has 0 radical (unpaired) electrons. The number of benzene rings is 1. The molecule has 2 N–H and O–H groups in total. The average molecular weight is 281 g/mol. The summed E-state index contributed by atoms with van der Waals surface area (Å²) < 4.78 is 30.7. The van der Waals surface area contributed by atoms with E-state index in [0.717, 1.165) is 19.2 Å². The zero-order chi connectivity index (χ0) is 13.9. The zero-order valence-corrected chi connectivity index (χ0v) is 10.1. The first-order valence-corrected chi connectivity index (χ1v) is 5.32. The Morgan fingerprint density at radius 3 is 2.61 bits per heavy atom. The number of carbonyl (C=O) groups excluding carboxylic acids is 1. The van der Waals surface area contributed by atoms with Gasteiger partial charge >= 0.3 is 5.97 Å². The summed E-state index contributed by atoms with van der Waals surface area (Å²) in [6.07, 6.45) is -3.80. The lowest BCUT2D eigenvalue weighted by molar-refractivity contribution is -0.144. The molecule has 7 heteroatoms. The molecule has 4 nitrogen and oxygen atoms in total. The van der Waals surface area contributed by atoms with Gasteiger partial charge in [-0.15, -0.1) is 0 Å². The number of esters is 1. The second kappa shape index (κ2) is 6.08. The van der Waals surface area contributed by atoms with Gasteiger partial charge in [0.05, 0.1) is 19.6 Å². The van der Waals surface area contributed by atoms with Crippen LogP contribution in [-0.4, -0.2) is 29.4 Å². The summed E-state index contributed by atoms with van der Waals surface area (Å²) >= 11 is 5.33. The standard InChI is InChI=1S/C11H11ClF2O4/c1-18-8(16)4-7(15)11(17)5-2-3-6(13)9(12)10(5)14/h2-3,7,11,15,17H,4H2,1H3. The molecule has 0 saturated carbocycles. The number of halogens is 3. The number of carbonyl (C=O) groups is 1. The van der Waals surface area contributed by atoms with E-state index in [-0.39, 0.29) is 0 Å². The van der Waals surface area contributed by atoms with Crippen LogP contribution in [0.25, 0.3) is 0 Å². The van der Waals surface area contributed by atoms with Gasteiger partial charge in [0.1, 0.15) is 16.9 Å². The second-order valence-electron chi connectivity index (χ2n) is 3.56. The van der Waals surface area contributed by atoms with Gasteiger partial charge in [-0.1, -0.05) is 17.7 Å². The fraction of sp³-hybridized carbons (Fsp3) is 0.364. The Kier molecular flexibility index (Phi) is 5.01. The summed E-state index contributed by atoms with van der Waals surface area (Å²) in [5.74, 6) is -2.92. The fourth-order valence-electron chi connectivity index (χ4n) is 1.34. The maximum Gasteiger partial charge on any atom is 0.308 e. The SMILES string of the molecule is COC(=O)CC(O)C(O)c1ccc(F)c(Cl)c1F. The number of hydrogen-bond donors (Lipinski definition) is 2. The molecule has 0 aliphatic rings. The highest BCUT2D eigenvalue weighted by atomic mass is 35.5. The van der Waals surface area contributed by atoms with Gasteiger partial charge in [0.15, 0.2) is 5.82 Å². The molecule has 0 spiro atoms. The molecule has 0 bridgehead atoms. The molecule has 0 amide bonds.